The van der Waals surface area contributed by atoms with Gasteiger partial charge in [-0.15, -0.1) is 0 Å². The number of benzene rings is 1. The first-order valence-electron chi connectivity index (χ1n) is 8.19. The van der Waals surface area contributed by atoms with Gasteiger partial charge in [-0.2, -0.15) is 0 Å². The molecule has 0 bridgehead atoms. The van der Waals surface area contributed by atoms with Crippen LogP contribution in [-0.4, -0.2) is 6.54 Å². The highest BCUT2D eigenvalue weighted by molar-refractivity contribution is 5.27. The predicted molar refractivity (Wildman–Crippen MR) is 87.9 cm³/mol. The average Bonchev–Trinajstić information content (AvgIpc) is 2.38. The van der Waals surface area contributed by atoms with E-state index in [1.165, 1.54) is 36.8 Å². The molecule has 1 fully saturated rings. The molecule has 1 nitrogen and oxygen atoms in total. The van der Waals surface area contributed by atoms with Crippen LogP contribution in [0.25, 0.3) is 0 Å². The van der Waals surface area contributed by atoms with Gasteiger partial charge in [-0.25, -0.2) is 0 Å². The summed E-state index contributed by atoms with van der Waals surface area (Å²) in [5, 5.41) is 0. The van der Waals surface area contributed by atoms with Gasteiger partial charge in [0.15, 0.2) is 0 Å². The Kier molecular flexibility index (Phi) is 4.90. The summed E-state index contributed by atoms with van der Waals surface area (Å²) in [4.78, 5) is 0. The molecular formula is C19H31N. The number of hydrogen-bond donors (Lipinski definition) is 1. The number of rotatable bonds is 3. The molecule has 1 aliphatic carbocycles. The maximum absolute atomic E-state index is 5.97. The van der Waals surface area contributed by atoms with E-state index in [1.807, 2.05) is 0 Å². The molecule has 0 heterocycles. The van der Waals surface area contributed by atoms with Crippen molar-refractivity contribution < 1.29 is 0 Å². The predicted octanol–water partition coefficient (Wildman–Crippen LogP) is 4.54. The Hall–Kier alpha value is -0.820. The van der Waals surface area contributed by atoms with E-state index in [2.05, 4.69) is 52.0 Å². The molecule has 0 aliphatic heterocycles. The van der Waals surface area contributed by atoms with Crippen LogP contribution in [0.15, 0.2) is 24.3 Å². The zero-order valence-electron chi connectivity index (χ0n) is 13.7. The second-order valence-corrected chi connectivity index (χ2v) is 7.83. The molecule has 0 spiro atoms. The van der Waals surface area contributed by atoms with Crippen molar-refractivity contribution in [3.63, 3.8) is 0 Å². The fraction of sp³-hybridized carbons (Fsp3) is 0.684. The highest BCUT2D eigenvalue weighted by Crippen LogP contribution is 2.35. The SMILES string of the molecule is CC1CCC(CN)C(Cc2ccc(C(C)(C)C)cc2)C1. The van der Waals surface area contributed by atoms with E-state index in [0.717, 1.165) is 24.3 Å². The van der Waals surface area contributed by atoms with E-state index in [1.54, 1.807) is 0 Å². The van der Waals surface area contributed by atoms with Crippen LogP contribution >= 0.6 is 0 Å². The second-order valence-electron chi connectivity index (χ2n) is 7.83. The molecule has 112 valence electrons. The van der Waals surface area contributed by atoms with Gasteiger partial charge in [-0.3, -0.25) is 0 Å². The molecular weight excluding hydrogens is 242 g/mol. The maximum Gasteiger partial charge on any atom is -0.00461 e. The van der Waals surface area contributed by atoms with Gasteiger partial charge < -0.3 is 5.73 Å². The lowest BCUT2D eigenvalue weighted by Gasteiger charge is -2.34. The van der Waals surface area contributed by atoms with Crippen molar-refractivity contribution in [2.45, 2.75) is 58.8 Å². The summed E-state index contributed by atoms with van der Waals surface area (Å²) in [6, 6.07) is 9.26. The van der Waals surface area contributed by atoms with Crippen LogP contribution in [0.3, 0.4) is 0 Å². The monoisotopic (exact) mass is 273 g/mol. The lowest BCUT2D eigenvalue weighted by Crippen LogP contribution is -2.31. The lowest BCUT2D eigenvalue weighted by molar-refractivity contribution is 0.193. The van der Waals surface area contributed by atoms with Gasteiger partial charge in [0.1, 0.15) is 0 Å². The molecule has 2 rings (SSSR count). The van der Waals surface area contributed by atoms with Gasteiger partial charge in [-0.05, 0) is 60.1 Å². The number of hydrogen-bond acceptors (Lipinski definition) is 1. The minimum Gasteiger partial charge on any atom is -0.330 e. The minimum absolute atomic E-state index is 0.248. The Morgan fingerprint density at radius 1 is 1.05 bits per heavy atom. The third-order valence-corrected chi connectivity index (χ3v) is 5.02. The van der Waals surface area contributed by atoms with Crippen molar-refractivity contribution >= 4 is 0 Å². The molecule has 3 atom stereocenters. The highest BCUT2D eigenvalue weighted by atomic mass is 14.6. The molecule has 3 unspecified atom stereocenters. The van der Waals surface area contributed by atoms with Crippen molar-refractivity contribution in [3.8, 4) is 0 Å². The first-order chi connectivity index (χ1) is 9.40. The second kappa shape index (κ2) is 6.30. The van der Waals surface area contributed by atoms with E-state index >= 15 is 0 Å². The van der Waals surface area contributed by atoms with Crippen molar-refractivity contribution in [1.29, 1.82) is 0 Å². The summed E-state index contributed by atoms with van der Waals surface area (Å²) in [5.41, 5.74) is 9.13. The van der Waals surface area contributed by atoms with Crippen molar-refractivity contribution in [1.82, 2.24) is 0 Å². The standard InChI is InChI=1S/C19H31N/c1-14-5-8-16(13-20)17(11-14)12-15-6-9-18(10-7-15)19(2,3)4/h6-7,9-10,14,16-17H,5,8,11-13,20H2,1-4H3. The van der Waals surface area contributed by atoms with E-state index in [9.17, 15) is 0 Å². The normalized spacial score (nSPS) is 27.6. The van der Waals surface area contributed by atoms with Gasteiger partial charge in [0.05, 0.1) is 0 Å². The fourth-order valence-electron chi connectivity index (χ4n) is 3.57. The van der Waals surface area contributed by atoms with Gasteiger partial charge in [0, 0.05) is 0 Å². The molecule has 1 aromatic carbocycles. The lowest BCUT2D eigenvalue weighted by atomic mass is 9.72. The first-order valence-corrected chi connectivity index (χ1v) is 8.19. The van der Waals surface area contributed by atoms with E-state index in [4.69, 9.17) is 5.73 Å². The first kappa shape index (κ1) is 15.6. The Morgan fingerprint density at radius 3 is 2.25 bits per heavy atom. The van der Waals surface area contributed by atoms with Crippen molar-refractivity contribution in [2.24, 2.45) is 23.5 Å². The largest absolute Gasteiger partial charge is 0.330 e. The van der Waals surface area contributed by atoms with Gasteiger partial charge in [0.2, 0.25) is 0 Å². The van der Waals surface area contributed by atoms with E-state index in [0.29, 0.717) is 0 Å². The molecule has 2 N–H and O–H groups in total. The van der Waals surface area contributed by atoms with Crippen molar-refractivity contribution in [2.75, 3.05) is 6.54 Å². The van der Waals surface area contributed by atoms with Crippen LogP contribution in [0.5, 0.6) is 0 Å². The smallest absolute Gasteiger partial charge is 0.00461 e. The molecule has 0 saturated heterocycles. The van der Waals surface area contributed by atoms with Gasteiger partial charge >= 0.3 is 0 Å². The summed E-state index contributed by atoms with van der Waals surface area (Å²) in [5.74, 6) is 2.38. The summed E-state index contributed by atoms with van der Waals surface area (Å²) < 4.78 is 0. The molecule has 0 aromatic heterocycles. The fourth-order valence-corrected chi connectivity index (χ4v) is 3.57. The molecule has 1 aliphatic rings. The Morgan fingerprint density at radius 2 is 1.70 bits per heavy atom. The molecule has 1 heteroatoms. The zero-order chi connectivity index (χ0) is 14.8. The summed E-state index contributed by atoms with van der Waals surface area (Å²) >= 11 is 0. The topological polar surface area (TPSA) is 26.0 Å². The van der Waals surface area contributed by atoms with E-state index < -0.39 is 0 Å². The average molecular weight is 273 g/mol. The molecule has 0 radical (unpaired) electrons. The molecule has 1 aromatic rings. The molecule has 0 amide bonds. The van der Waals surface area contributed by atoms with Crippen LogP contribution in [0.4, 0.5) is 0 Å². The maximum atomic E-state index is 5.97. The quantitative estimate of drug-likeness (QED) is 0.860. The van der Waals surface area contributed by atoms with Crippen LogP contribution in [-0.2, 0) is 11.8 Å². The highest BCUT2D eigenvalue weighted by Gasteiger charge is 2.27. The summed E-state index contributed by atoms with van der Waals surface area (Å²) in [6.45, 7) is 10.1. The van der Waals surface area contributed by atoms with Crippen LogP contribution in [0, 0.1) is 17.8 Å². The summed E-state index contributed by atoms with van der Waals surface area (Å²) in [6.07, 6.45) is 5.24. The van der Waals surface area contributed by atoms with Crippen molar-refractivity contribution in [3.05, 3.63) is 35.4 Å². The number of nitrogens with two attached hydrogens (primary N) is 1. The van der Waals surface area contributed by atoms with Crippen LogP contribution in [0.1, 0.15) is 58.1 Å². The Bertz CT molecular complexity index is 412. The van der Waals surface area contributed by atoms with Gasteiger partial charge in [0.25, 0.3) is 0 Å². The van der Waals surface area contributed by atoms with Crippen LogP contribution < -0.4 is 5.73 Å². The molecule has 20 heavy (non-hydrogen) atoms. The zero-order valence-corrected chi connectivity index (χ0v) is 13.7. The minimum atomic E-state index is 0.248. The molecule has 1 saturated carbocycles. The Labute approximate surface area is 125 Å². The van der Waals surface area contributed by atoms with Gasteiger partial charge in [-0.1, -0.05) is 58.4 Å². The Balaban J connectivity index is 2.05. The van der Waals surface area contributed by atoms with Crippen LogP contribution in [0.2, 0.25) is 0 Å². The van der Waals surface area contributed by atoms with E-state index in [-0.39, 0.29) is 5.41 Å². The third-order valence-electron chi connectivity index (χ3n) is 5.02. The summed E-state index contributed by atoms with van der Waals surface area (Å²) in [7, 11) is 0. The third kappa shape index (κ3) is 3.85.